The van der Waals surface area contributed by atoms with Gasteiger partial charge in [0.15, 0.2) is 0 Å². The largest absolute Gasteiger partial charge is 0.463 e. The van der Waals surface area contributed by atoms with Crippen molar-refractivity contribution >= 4 is 17.0 Å². The van der Waals surface area contributed by atoms with Gasteiger partial charge in [-0.15, -0.1) is 0 Å². The zero-order valence-corrected chi connectivity index (χ0v) is 10.4. The lowest BCUT2D eigenvalue weighted by Gasteiger charge is -2.01. The van der Waals surface area contributed by atoms with Crippen LogP contribution in [0.4, 0.5) is 0 Å². The van der Waals surface area contributed by atoms with Crippen LogP contribution < -0.4 is 0 Å². The summed E-state index contributed by atoms with van der Waals surface area (Å²) in [5.74, 6) is 0.423. The van der Waals surface area contributed by atoms with Crippen LogP contribution in [0.15, 0.2) is 47.1 Å². The number of methoxy groups -OCH3 is 1. The maximum atomic E-state index is 11.3. The van der Waals surface area contributed by atoms with Gasteiger partial charge in [-0.25, -0.2) is 9.78 Å². The summed E-state index contributed by atoms with van der Waals surface area (Å²) in [7, 11) is 1.33. The maximum absolute atomic E-state index is 11.3. The van der Waals surface area contributed by atoms with E-state index in [1.54, 1.807) is 18.5 Å². The van der Waals surface area contributed by atoms with E-state index in [0.29, 0.717) is 12.3 Å². The number of fused-ring (bicyclic) bond motifs is 1. The molecule has 0 saturated carbocycles. The Labute approximate surface area is 109 Å². The summed E-state index contributed by atoms with van der Waals surface area (Å²) in [4.78, 5) is 15.6. The zero-order valence-electron chi connectivity index (χ0n) is 10.4. The lowest BCUT2D eigenvalue weighted by molar-refractivity contribution is 0.0563. The van der Waals surface area contributed by atoms with Gasteiger partial charge in [0, 0.05) is 0 Å². The highest BCUT2D eigenvalue weighted by atomic mass is 16.5. The number of nitrogens with zero attached hydrogens (tertiary/aromatic N) is 2. The highest BCUT2D eigenvalue weighted by Gasteiger charge is 2.12. The van der Waals surface area contributed by atoms with Crippen molar-refractivity contribution in [3.63, 3.8) is 0 Å². The second-order valence-electron chi connectivity index (χ2n) is 4.12. The average Bonchev–Trinajstić information content (AvgIpc) is 3.06. The molecule has 0 fully saturated rings. The monoisotopic (exact) mass is 256 g/mol. The Morgan fingerprint density at radius 1 is 1.32 bits per heavy atom. The molecule has 19 heavy (non-hydrogen) atoms. The summed E-state index contributed by atoms with van der Waals surface area (Å²) in [6.07, 6.45) is 1.75. The summed E-state index contributed by atoms with van der Waals surface area (Å²) in [5, 5.41) is 0. The minimum atomic E-state index is -0.471. The fourth-order valence-corrected chi connectivity index (χ4v) is 1.98. The summed E-state index contributed by atoms with van der Waals surface area (Å²) < 4.78 is 12.0. The SMILES string of the molecule is COC(=O)c1ccc(Cn2cnc3ccccc32)o1. The molecule has 96 valence electrons. The van der Waals surface area contributed by atoms with Crippen LogP contribution in [0.25, 0.3) is 11.0 Å². The summed E-state index contributed by atoms with van der Waals surface area (Å²) in [6.45, 7) is 0.525. The topological polar surface area (TPSA) is 57.3 Å². The van der Waals surface area contributed by atoms with Crippen molar-refractivity contribution in [3.05, 3.63) is 54.2 Å². The van der Waals surface area contributed by atoms with E-state index in [-0.39, 0.29) is 5.76 Å². The van der Waals surface area contributed by atoms with E-state index in [1.807, 2.05) is 28.8 Å². The molecule has 1 aromatic carbocycles. The number of ether oxygens (including phenoxy) is 1. The van der Waals surface area contributed by atoms with Gasteiger partial charge >= 0.3 is 5.97 Å². The highest BCUT2D eigenvalue weighted by Crippen LogP contribution is 2.16. The van der Waals surface area contributed by atoms with Gasteiger partial charge in [0.05, 0.1) is 31.0 Å². The number of carbonyl (C=O) groups excluding carboxylic acids is 1. The molecule has 2 aromatic heterocycles. The van der Waals surface area contributed by atoms with Crippen LogP contribution in [0, 0.1) is 0 Å². The minimum Gasteiger partial charge on any atom is -0.463 e. The van der Waals surface area contributed by atoms with Crippen LogP contribution >= 0.6 is 0 Å². The van der Waals surface area contributed by atoms with Crippen molar-refractivity contribution in [1.29, 1.82) is 0 Å². The van der Waals surface area contributed by atoms with Gasteiger partial charge in [-0.1, -0.05) is 12.1 Å². The van der Waals surface area contributed by atoms with Crippen LogP contribution in [-0.4, -0.2) is 22.6 Å². The van der Waals surface area contributed by atoms with Crippen LogP contribution in [0.1, 0.15) is 16.3 Å². The minimum absolute atomic E-state index is 0.210. The van der Waals surface area contributed by atoms with Crippen molar-refractivity contribution in [3.8, 4) is 0 Å². The van der Waals surface area contributed by atoms with Gasteiger partial charge in [0.2, 0.25) is 5.76 Å². The van der Waals surface area contributed by atoms with Gasteiger partial charge in [-0.05, 0) is 24.3 Å². The van der Waals surface area contributed by atoms with Crippen LogP contribution in [0.3, 0.4) is 0 Å². The molecule has 3 rings (SSSR count). The van der Waals surface area contributed by atoms with E-state index in [9.17, 15) is 4.79 Å². The Balaban J connectivity index is 1.89. The summed E-state index contributed by atoms with van der Waals surface area (Å²) >= 11 is 0. The first kappa shape index (κ1) is 11.5. The Bertz CT molecular complexity index is 727. The number of aromatic nitrogens is 2. The fraction of sp³-hybridized carbons (Fsp3) is 0.143. The van der Waals surface area contributed by atoms with E-state index in [1.165, 1.54) is 7.11 Å². The Hall–Kier alpha value is -2.56. The second kappa shape index (κ2) is 4.61. The van der Waals surface area contributed by atoms with Gasteiger partial charge in [0.25, 0.3) is 0 Å². The number of imidazole rings is 1. The fourth-order valence-electron chi connectivity index (χ4n) is 1.98. The van der Waals surface area contributed by atoms with E-state index in [0.717, 1.165) is 11.0 Å². The number of esters is 1. The maximum Gasteiger partial charge on any atom is 0.373 e. The molecule has 0 bridgehead atoms. The van der Waals surface area contributed by atoms with Crippen molar-refractivity contribution in [2.75, 3.05) is 7.11 Å². The molecular weight excluding hydrogens is 244 g/mol. The van der Waals surface area contributed by atoms with Crippen LogP contribution in [0.5, 0.6) is 0 Å². The van der Waals surface area contributed by atoms with E-state index in [4.69, 9.17) is 4.42 Å². The van der Waals surface area contributed by atoms with Gasteiger partial charge < -0.3 is 13.7 Å². The standard InChI is InChI=1S/C14H12N2O3/c1-18-14(17)13-7-6-10(19-13)8-16-9-15-11-4-2-3-5-12(11)16/h2-7,9H,8H2,1H3. The number of furan rings is 1. The third-order valence-electron chi connectivity index (χ3n) is 2.90. The molecule has 0 atom stereocenters. The van der Waals surface area contributed by atoms with Gasteiger partial charge in [0.1, 0.15) is 5.76 Å². The molecule has 5 heteroatoms. The first-order valence-electron chi connectivity index (χ1n) is 5.85. The number of rotatable bonds is 3. The molecule has 0 amide bonds. The Morgan fingerprint density at radius 3 is 3.00 bits per heavy atom. The van der Waals surface area contributed by atoms with Gasteiger partial charge in [-0.2, -0.15) is 0 Å². The third kappa shape index (κ3) is 2.10. The molecular formula is C14H12N2O3. The van der Waals surface area contributed by atoms with Gasteiger partial charge in [-0.3, -0.25) is 0 Å². The third-order valence-corrected chi connectivity index (χ3v) is 2.90. The second-order valence-corrected chi connectivity index (χ2v) is 4.12. The van der Waals surface area contributed by atoms with Crippen LogP contribution in [0.2, 0.25) is 0 Å². The number of benzene rings is 1. The molecule has 0 unspecified atom stereocenters. The predicted molar refractivity (Wildman–Crippen MR) is 68.9 cm³/mol. The first-order valence-corrected chi connectivity index (χ1v) is 5.85. The smallest absolute Gasteiger partial charge is 0.373 e. The molecule has 2 heterocycles. The number of hydrogen-bond donors (Lipinski definition) is 0. The van der Waals surface area contributed by atoms with Crippen molar-refractivity contribution in [2.45, 2.75) is 6.54 Å². The molecule has 0 aliphatic heterocycles. The zero-order chi connectivity index (χ0) is 13.2. The van der Waals surface area contributed by atoms with Crippen LogP contribution in [-0.2, 0) is 11.3 Å². The quantitative estimate of drug-likeness (QED) is 0.675. The average molecular weight is 256 g/mol. The lowest BCUT2D eigenvalue weighted by atomic mass is 10.3. The Kier molecular flexibility index (Phi) is 2.79. The van der Waals surface area contributed by atoms with Crippen molar-refractivity contribution in [2.24, 2.45) is 0 Å². The Morgan fingerprint density at radius 2 is 2.16 bits per heavy atom. The van der Waals surface area contributed by atoms with Crippen molar-refractivity contribution < 1.29 is 13.9 Å². The number of para-hydroxylation sites is 2. The molecule has 0 N–H and O–H groups in total. The lowest BCUT2D eigenvalue weighted by Crippen LogP contribution is -1.99. The van der Waals surface area contributed by atoms with Crippen molar-refractivity contribution in [1.82, 2.24) is 9.55 Å². The number of carbonyl (C=O) groups is 1. The summed E-state index contributed by atoms with van der Waals surface area (Å²) in [6, 6.07) is 11.2. The predicted octanol–water partition coefficient (Wildman–Crippen LogP) is 2.46. The molecule has 3 aromatic rings. The summed E-state index contributed by atoms with van der Waals surface area (Å²) in [5.41, 5.74) is 1.96. The molecule has 0 spiro atoms. The normalized spacial score (nSPS) is 10.8. The highest BCUT2D eigenvalue weighted by molar-refractivity contribution is 5.86. The number of hydrogen-bond acceptors (Lipinski definition) is 4. The van der Waals surface area contributed by atoms with E-state index < -0.39 is 5.97 Å². The first-order chi connectivity index (χ1) is 9.28. The molecule has 0 saturated heterocycles. The molecule has 0 aliphatic carbocycles. The van der Waals surface area contributed by atoms with E-state index >= 15 is 0 Å². The molecule has 0 aliphatic rings. The van der Waals surface area contributed by atoms with E-state index in [2.05, 4.69) is 9.72 Å². The molecule has 5 nitrogen and oxygen atoms in total. The molecule has 0 radical (unpaired) electrons.